The molecule has 0 saturated heterocycles. The number of unbranched alkanes of at least 4 members (excludes halogenated alkanes) is 3. The summed E-state index contributed by atoms with van der Waals surface area (Å²) in [5.41, 5.74) is 1.08. The van der Waals surface area contributed by atoms with E-state index in [4.69, 9.17) is 4.74 Å². The molecule has 18 heavy (non-hydrogen) atoms. The van der Waals surface area contributed by atoms with E-state index in [1.54, 1.807) is 0 Å². The highest BCUT2D eigenvalue weighted by atomic mass is 16.5. The van der Waals surface area contributed by atoms with Gasteiger partial charge in [0.15, 0.2) is 0 Å². The first-order valence-corrected chi connectivity index (χ1v) is 7.20. The second kappa shape index (κ2) is 9.18. The second-order valence-electron chi connectivity index (χ2n) is 6.04. The van der Waals surface area contributed by atoms with E-state index in [1.807, 2.05) is 20.8 Å². The van der Waals surface area contributed by atoms with Crippen LogP contribution in [0.1, 0.15) is 73.1 Å². The van der Waals surface area contributed by atoms with Gasteiger partial charge in [-0.25, -0.2) is 0 Å². The van der Waals surface area contributed by atoms with Crippen LogP contribution in [-0.4, -0.2) is 12.6 Å². The maximum Gasteiger partial charge on any atom is 0.311 e. The fourth-order valence-electron chi connectivity index (χ4n) is 1.57. The Hall–Kier alpha value is -0.790. The average Bonchev–Trinajstić information content (AvgIpc) is 2.27. The molecule has 0 aliphatic rings. The Morgan fingerprint density at radius 1 is 1.17 bits per heavy atom. The number of ether oxygens (including phenoxy) is 1. The summed E-state index contributed by atoms with van der Waals surface area (Å²) >= 11 is 0. The molecule has 0 fully saturated rings. The largest absolute Gasteiger partial charge is 0.465 e. The van der Waals surface area contributed by atoms with Crippen molar-refractivity contribution in [2.75, 3.05) is 6.61 Å². The Labute approximate surface area is 113 Å². The van der Waals surface area contributed by atoms with E-state index >= 15 is 0 Å². The maximum atomic E-state index is 11.5. The van der Waals surface area contributed by atoms with Crippen molar-refractivity contribution in [3.05, 3.63) is 11.6 Å². The summed E-state index contributed by atoms with van der Waals surface area (Å²) < 4.78 is 5.22. The van der Waals surface area contributed by atoms with Gasteiger partial charge < -0.3 is 4.74 Å². The van der Waals surface area contributed by atoms with Crippen molar-refractivity contribution in [1.29, 1.82) is 0 Å². The van der Waals surface area contributed by atoms with Crippen molar-refractivity contribution in [3.63, 3.8) is 0 Å². The Kier molecular flexibility index (Phi) is 8.78. The molecule has 0 atom stereocenters. The van der Waals surface area contributed by atoms with Gasteiger partial charge in [-0.05, 0) is 53.4 Å². The molecule has 2 heteroatoms. The Morgan fingerprint density at radius 2 is 1.83 bits per heavy atom. The van der Waals surface area contributed by atoms with Gasteiger partial charge in [-0.15, -0.1) is 0 Å². The summed E-state index contributed by atoms with van der Waals surface area (Å²) in [4.78, 5) is 11.5. The van der Waals surface area contributed by atoms with Crippen LogP contribution >= 0.6 is 0 Å². The molecule has 106 valence electrons. The lowest BCUT2D eigenvalue weighted by Gasteiger charge is -2.16. The molecule has 0 aromatic carbocycles. The van der Waals surface area contributed by atoms with Crippen molar-refractivity contribution < 1.29 is 9.53 Å². The van der Waals surface area contributed by atoms with Gasteiger partial charge in [0.1, 0.15) is 0 Å². The summed E-state index contributed by atoms with van der Waals surface area (Å²) in [5, 5.41) is 0. The molecule has 0 aromatic heterocycles. The number of allylic oxidation sites excluding steroid dienone is 2. The van der Waals surface area contributed by atoms with Crippen molar-refractivity contribution in [3.8, 4) is 0 Å². The molecule has 0 spiro atoms. The molecule has 0 bridgehead atoms. The lowest BCUT2D eigenvalue weighted by Crippen LogP contribution is -2.23. The number of hydrogen-bond donors (Lipinski definition) is 0. The fourth-order valence-corrected chi connectivity index (χ4v) is 1.57. The van der Waals surface area contributed by atoms with Crippen LogP contribution in [0.4, 0.5) is 0 Å². The number of carbonyl (C=O) groups excluding carboxylic acids is 1. The third-order valence-corrected chi connectivity index (χ3v) is 2.86. The Morgan fingerprint density at radius 3 is 2.39 bits per heavy atom. The Bertz CT molecular complexity index is 259. The normalized spacial score (nSPS) is 12.6. The average molecular weight is 254 g/mol. The molecule has 0 saturated carbocycles. The molecule has 0 N–H and O–H groups in total. The zero-order chi connectivity index (χ0) is 14.0. The van der Waals surface area contributed by atoms with Crippen molar-refractivity contribution in [2.24, 2.45) is 5.41 Å². The van der Waals surface area contributed by atoms with Crippen LogP contribution in [-0.2, 0) is 9.53 Å². The molecule has 0 aliphatic heterocycles. The first-order chi connectivity index (χ1) is 8.38. The number of carbonyl (C=O) groups is 1. The monoisotopic (exact) mass is 254 g/mol. The predicted octanol–water partition coefficient (Wildman–Crippen LogP) is 4.88. The fraction of sp³-hybridized carbons (Fsp3) is 0.812. The molecule has 0 radical (unpaired) electrons. The van der Waals surface area contributed by atoms with Crippen LogP contribution in [0.3, 0.4) is 0 Å². The molecule has 0 aliphatic carbocycles. The summed E-state index contributed by atoms with van der Waals surface area (Å²) in [5.74, 6) is -0.105. The van der Waals surface area contributed by atoms with E-state index in [9.17, 15) is 4.79 Å². The van der Waals surface area contributed by atoms with Crippen LogP contribution in [0.25, 0.3) is 0 Å². The van der Waals surface area contributed by atoms with Crippen LogP contribution in [0, 0.1) is 5.41 Å². The van der Waals surface area contributed by atoms with E-state index in [0.717, 1.165) is 12.8 Å². The maximum absolute atomic E-state index is 11.5. The van der Waals surface area contributed by atoms with Gasteiger partial charge >= 0.3 is 5.97 Å². The quantitative estimate of drug-likeness (QED) is 0.350. The zero-order valence-electron chi connectivity index (χ0n) is 12.8. The minimum Gasteiger partial charge on any atom is -0.465 e. The van der Waals surface area contributed by atoms with Gasteiger partial charge in [0.05, 0.1) is 12.0 Å². The SMILES string of the molecule is CCCCC/C(C)=C/CCCOC(=O)C(C)(C)C. The summed E-state index contributed by atoms with van der Waals surface area (Å²) in [6.07, 6.45) is 9.29. The zero-order valence-corrected chi connectivity index (χ0v) is 12.8. The molecule has 0 rings (SSSR count). The second-order valence-corrected chi connectivity index (χ2v) is 6.04. The summed E-state index contributed by atoms with van der Waals surface area (Å²) in [6, 6.07) is 0. The highest BCUT2D eigenvalue weighted by Crippen LogP contribution is 2.15. The molecule has 0 heterocycles. The van der Waals surface area contributed by atoms with E-state index in [-0.39, 0.29) is 11.4 Å². The van der Waals surface area contributed by atoms with Gasteiger partial charge in [-0.1, -0.05) is 31.4 Å². The molecule has 0 amide bonds. The lowest BCUT2D eigenvalue weighted by atomic mass is 9.97. The van der Waals surface area contributed by atoms with E-state index in [1.165, 1.54) is 31.3 Å². The van der Waals surface area contributed by atoms with Crippen LogP contribution < -0.4 is 0 Å². The highest BCUT2D eigenvalue weighted by molar-refractivity contribution is 5.75. The van der Waals surface area contributed by atoms with E-state index < -0.39 is 0 Å². The highest BCUT2D eigenvalue weighted by Gasteiger charge is 2.22. The van der Waals surface area contributed by atoms with Gasteiger partial charge in [-0.2, -0.15) is 0 Å². The number of rotatable bonds is 8. The van der Waals surface area contributed by atoms with Crippen LogP contribution in [0.5, 0.6) is 0 Å². The lowest BCUT2D eigenvalue weighted by molar-refractivity contribution is -0.152. The van der Waals surface area contributed by atoms with Crippen molar-refractivity contribution >= 4 is 5.97 Å². The molecule has 0 unspecified atom stereocenters. The number of hydrogen-bond acceptors (Lipinski definition) is 2. The summed E-state index contributed by atoms with van der Waals surface area (Å²) in [7, 11) is 0. The third-order valence-electron chi connectivity index (χ3n) is 2.86. The topological polar surface area (TPSA) is 26.3 Å². The van der Waals surface area contributed by atoms with Crippen molar-refractivity contribution in [2.45, 2.75) is 73.1 Å². The van der Waals surface area contributed by atoms with E-state index in [0.29, 0.717) is 6.61 Å². The van der Waals surface area contributed by atoms with Crippen LogP contribution in [0.15, 0.2) is 11.6 Å². The predicted molar refractivity (Wildman–Crippen MR) is 77.5 cm³/mol. The number of esters is 1. The Balaban J connectivity index is 3.61. The third kappa shape index (κ3) is 9.26. The minimum absolute atomic E-state index is 0.105. The standard InChI is InChI=1S/C16H30O2/c1-6-7-8-11-14(2)12-9-10-13-18-15(17)16(3,4)5/h12H,6-11,13H2,1-5H3/b14-12+. The smallest absolute Gasteiger partial charge is 0.311 e. The van der Waals surface area contributed by atoms with Gasteiger partial charge in [0.2, 0.25) is 0 Å². The minimum atomic E-state index is -0.383. The molecular formula is C16H30O2. The molecule has 0 aromatic rings. The summed E-state index contributed by atoms with van der Waals surface area (Å²) in [6.45, 7) is 10.6. The van der Waals surface area contributed by atoms with E-state index in [2.05, 4.69) is 19.9 Å². The molecule has 2 nitrogen and oxygen atoms in total. The molecular weight excluding hydrogens is 224 g/mol. The first-order valence-electron chi connectivity index (χ1n) is 7.20. The van der Waals surface area contributed by atoms with Gasteiger partial charge in [0.25, 0.3) is 0 Å². The van der Waals surface area contributed by atoms with Crippen molar-refractivity contribution in [1.82, 2.24) is 0 Å². The first kappa shape index (κ1) is 17.2. The van der Waals surface area contributed by atoms with Gasteiger partial charge in [-0.3, -0.25) is 4.79 Å². The van der Waals surface area contributed by atoms with Gasteiger partial charge in [0, 0.05) is 0 Å². The van der Waals surface area contributed by atoms with Crippen LogP contribution in [0.2, 0.25) is 0 Å².